The Morgan fingerprint density at radius 1 is 1.36 bits per heavy atom. The van der Waals surface area contributed by atoms with E-state index in [1.165, 1.54) is 10.7 Å². The van der Waals surface area contributed by atoms with E-state index in [0.29, 0.717) is 6.04 Å². The molecule has 2 atom stereocenters. The zero-order valence-electron chi connectivity index (χ0n) is 14.1. The second-order valence-electron chi connectivity index (χ2n) is 7.39. The Kier molecular flexibility index (Phi) is 3.63. The average molecular weight is 303 g/mol. The van der Waals surface area contributed by atoms with Crippen LogP contribution in [-0.4, -0.2) is 40.1 Å². The summed E-state index contributed by atoms with van der Waals surface area (Å²) in [6.07, 6.45) is 6.19. The molecule has 0 bridgehead atoms. The molecular formula is C17H25N3O2. The van der Waals surface area contributed by atoms with E-state index in [-0.39, 0.29) is 12.0 Å². The van der Waals surface area contributed by atoms with Gasteiger partial charge in [-0.15, -0.1) is 5.12 Å². The van der Waals surface area contributed by atoms with Gasteiger partial charge in [-0.2, -0.15) is 10.1 Å². The predicted octanol–water partition coefficient (Wildman–Crippen LogP) is 3.49. The van der Waals surface area contributed by atoms with E-state index < -0.39 is 5.60 Å². The SMILES string of the molecule is CC1=CC2C(=NN(C(=O)OC(C)(C)C)N3CCCC23)C(C)=C1. The van der Waals surface area contributed by atoms with Crippen molar-refractivity contribution >= 4 is 11.8 Å². The van der Waals surface area contributed by atoms with Crippen LogP contribution < -0.4 is 0 Å². The molecule has 2 unspecified atom stereocenters. The van der Waals surface area contributed by atoms with Gasteiger partial charge in [-0.25, -0.2) is 4.79 Å². The smallest absolute Gasteiger partial charge is 0.441 e. The molecule has 3 aliphatic rings. The molecule has 2 aliphatic heterocycles. The van der Waals surface area contributed by atoms with Gasteiger partial charge in [-0.3, -0.25) is 0 Å². The van der Waals surface area contributed by atoms with Crippen LogP contribution >= 0.6 is 0 Å². The molecule has 5 heteroatoms. The van der Waals surface area contributed by atoms with Crippen LogP contribution in [-0.2, 0) is 4.74 Å². The molecule has 120 valence electrons. The fraction of sp³-hybridized carbons (Fsp3) is 0.647. The molecule has 2 heterocycles. The molecule has 0 saturated carbocycles. The number of rotatable bonds is 0. The van der Waals surface area contributed by atoms with Gasteiger partial charge in [0.05, 0.1) is 5.71 Å². The number of fused-ring (bicyclic) bond motifs is 3. The Morgan fingerprint density at radius 3 is 2.77 bits per heavy atom. The van der Waals surface area contributed by atoms with Gasteiger partial charge in [0.15, 0.2) is 0 Å². The fourth-order valence-corrected chi connectivity index (χ4v) is 3.51. The lowest BCUT2D eigenvalue weighted by atomic mass is 9.83. The molecule has 1 saturated heterocycles. The maximum atomic E-state index is 12.5. The van der Waals surface area contributed by atoms with E-state index >= 15 is 0 Å². The van der Waals surface area contributed by atoms with Crippen molar-refractivity contribution in [3.63, 3.8) is 0 Å². The molecule has 1 fully saturated rings. The summed E-state index contributed by atoms with van der Waals surface area (Å²) in [4.78, 5) is 12.5. The molecule has 0 spiro atoms. The summed E-state index contributed by atoms with van der Waals surface area (Å²) >= 11 is 0. The van der Waals surface area contributed by atoms with E-state index in [1.54, 1.807) is 0 Å². The van der Waals surface area contributed by atoms with Gasteiger partial charge in [0.2, 0.25) is 0 Å². The highest BCUT2D eigenvalue weighted by Gasteiger charge is 2.44. The Balaban J connectivity index is 1.95. The molecule has 0 radical (unpaired) electrons. The third-order valence-electron chi connectivity index (χ3n) is 4.29. The topological polar surface area (TPSA) is 45.1 Å². The van der Waals surface area contributed by atoms with Crippen LogP contribution in [0.1, 0.15) is 47.5 Å². The number of ether oxygens (including phenoxy) is 1. The lowest BCUT2D eigenvalue weighted by Gasteiger charge is -2.42. The summed E-state index contributed by atoms with van der Waals surface area (Å²) in [7, 11) is 0. The van der Waals surface area contributed by atoms with Gasteiger partial charge in [0.1, 0.15) is 5.60 Å². The largest absolute Gasteiger partial charge is 0.446 e. The van der Waals surface area contributed by atoms with Crippen molar-refractivity contribution in [3.05, 3.63) is 23.3 Å². The predicted molar refractivity (Wildman–Crippen MR) is 86.2 cm³/mol. The van der Waals surface area contributed by atoms with Crippen molar-refractivity contribution in [2.45, 2.75) is 59.1 Å². The summed E-state index contributed by atoms with van der Waals surface area (Å²) < 4.78 is 5.52. The summed E-state index contributed by atoms with van der Waals surface area (Å²) in [5, 5.41) is 8.17. The first-order valence-corrected chi connectivity index (χ1v) is 8.01. The van der Waals surface area contributed by atoms with Crippen LogP contribution in [0.5, 0.6) is 0 Å². The van der Waals surface area contributed by atoms with Crippen LogP contribution in [0.4, 0.5) is 4.79 Å². The highest BCUT2D eigenvalue weighted by Crippen LogP contribution is 2.36. The first kappa shape index (κ1) is 15.3. The van der Waals surface area contributed by atoms with Crippen molar-refractivity contribution < 1.29 is 9.53 Å². The van der Waals surface area contributed by atoms with E-state index in [1.807, 2.05) is 20.8 Å². The minimum Gasteiger partial charge on any atom is -0.441 e. The number of carbonyl (C=O) groups excluding carboxylic acids is 1. The molecule has 1 amide bonds. The van der Waals surface area contributed by atoms with Gasteiger partial charge >= 0.3 is 6.09 Å². The number of nitrogens with zero attached hydrogens (tertiary/aromatic N) is 3. The molecule has 0 aromatic heterocycles. The standard InChI is InChI=1S/C17H25N3O2/c1-11-9-12(2)15-13(10-11)14-7-6-8-19(14)20(18-15)16(21)22-17(3,4)5/h9-10,13-14H,6-8H2,1-5H3. The van der Waals surface area contributed by atoms with Gasteiger partial charge in [0.25, 0.3) is 0 Å². The lowest BCUT2D eigenvalue weighted by molar-refractivity contribution is -0.0666. The zero-order chi connectivity index (χ0) is 16.1. The Hall–Kier alpha value is -1.62. The van der Waals surface area contributed by atoms with Gasteiger partial charge in [-0.05, 0) is 53.0 Å². The lowest BCUT2D eigenvalue weighted by Crippen LogP contribution is -2.55. The Labute approximate surface area is 132 Å². The van der Waals surface area contributed by atoms with Crippen LogP contribution in [0, 0.1) is 5.92 Å². The summed E-state index contributed by atoms with van der Waals surface area (Å²) in [5.74, 6) is 0.284. The van der Waals surface area contributed by atoms with Crippen molar-refractivity contribution in [1.82, 2.24) is 10.1 Å². The minimum absolute atomic E-state index is 0.284. The average Bonchev–Trinajstić information content (AvgIpc) is 2.85. The molecule has 22 heavy (non-hydrogen) atoms. The Morgan fingerprint density at radius 2 is 2.09 bits per heavy atom. The van der Waals surface area contributed by atoms with Crippen LogP contribution in [0.25, 0.3) is 0 Å². The summed E-state index contributed by atoms with van der Waals surface area (Å²) in [5.41, 5.74) is 2.90. The molecule has 5 nitrogen and oxygen atoms in total. The highest BCUT2D eigenvalue weighted by atomic mass is 16.6. The number of amides is 1. The minimum atomic E-state index is -0.517. The molecule has 1 aliphatic carbocycles. The number of hydrogen-bond donors (Lipinski definition) is 0. The van der Waals surface area contributed by atoms with Crippen LogP contribution in [0.15, 0.2) is 28.4 Å². The monoisotopic (exact) mass is 303 g/mol. The number of allylic oxidation sites excluding steroid dienone is 3. The first-order chi connectivity index (χ1) is 10.3. The van der Waals surface area contributed by atoms with Crippen LogP contribution in [0.2, 0.25) is 0 Å². The van der Waals surface area contributed by atoms with E-state index in [4.69, 9.17) is 4.74 Å². The third-order valence-corrected chi connectivity index (χ3v) is 4.29. The summed E-state index contributed by atoms with van der Waals surface area (Å²) in [6, 6.07) is 0.304. The molecular weight excluding hydrogens is 278 g/mol. The second-order valence-corrected chi connectivity index (χ2v) is 7.39. The quantitative estimate of drug-likeness (QED) is 0.688. The molecule has 3 rings (SSSR count). The zero-order valence-corrected chi connectivity index (χ0v) is 14.1. The van der Waals surface area contributed by atoms with Crippen molar-refractivity contribution in [3.8, 4) is 0 Å². The number of hydrazine groups is 1. The number of hydrogen-bond acceptors (Lipinski definition) is 4. The van der Waals surface area contributed by atoms with Gasteiger partial charge < -0.3 is 4.74 Å². The van der Waals surface area contributed by atoms with Crippen molar-refractivity contribution in [2.24, 2.45) is 11.0 Å². The normalized spacial score (nSPS) is 28.4. The number of carbonyl (C=O) groups is 1. The van der Waals surface area contributed by atoms with E-state index in [2.05, 4.69) is 36.1 Å². The van der Waals surface area contributed by atoms with Crippen molar-refractivity contribution in [1.29, 1.82) is 0 Å². The van der Waals surface area contributed by atoms with E-state index in [9.17, 15) is 4.79 Å². The third kappa shape index (κ3) is 2.70. The summed E-state index contributed by atoms with van der Waals surface area (Å²) in [6.45, 7) is 10.7. The maximum Gasteiger partial charge on any atom is 0.446 e. The van der Waals surface area contributed by atoms with Gasteiger partial charge in [-0.1, -0.05) is 17.7 Å². The van der Waals surface area contributed by atoms with E-state index in [0.717, 1.165) is 30.7 Å². The van der Waals surface area contributed by atoms with Crippen molar-refractivity contribution in [2.75, 3.05) is 6.54 Å². The fourth-order valence-electron chi connectivity index (χ4n) is 3.51. The molecule has 0 aromatic carbocycles. The maximum absolute atomic E-state index is 12.5. The van der Waals surface area contributed by atoms with Gasteiger partial charge in [0, 0.05) is 18.5 Å². The Bertz CT molecular complexity index is 583. The molecule has 0 aromatic rings. The van der Waals surface area contributed by atoms with Crippen LogP contribution in [0.3, 0.4) is 0 Å². The first-order valence-electron chi connectivity index (χ1n) is 8.01. The number of hydrazone groups is 1. The second kappa shape index (κ2) is 5.23. The molecule has 0 N–H and O–H groups in total. The highest BCUT2D eigenvalue weighted by molar-refractivity contribution is 6.05.